The van der Waals surface area contributed by atoms with E-state index in [0.29, 0.717) is 0 Å². The van der Waals surface area contributed by atoms with E-state index in [1.165, 1.54) is 17.5 Å². The Hall–Kier alpha value is -1.23. The van der Waals surface area contributed by atoms with Crippen molar-refractivity contribution in [2.45, 2.75) is 19.4 Å². The molecule has 1 N–H and O–H groups in total. The van der Waals surface area contributed by atoms with Crippen LogP contribution in [0.3, 0.4) is 0 Å². The molecule has 0 amide bonds. The first-order valence-electron chi connectivity index (χ1n) is 7.88. The van der Waals surface area contributed by atoms with Crippen LogP contribution in [0.25, 0.3) is 0 Å². The second kappa shape index (κ2) is 7.36. The number of aromatic nitrogens is 1. The number of rotatable bonds is 3. The van der Waals surface area contributed by atoms with E-state index in [1.807, 2.05) is 12.3 Å². The van der Waals surface area contributed by atoms with E-state index >= 15 is 0 Å². The van der Waals surface area contributed by atoms with Crippen LogP contribution in [0.4, 0.5) is 0 Å². The van der Waals surface area contributed by atoms with Gasteiger partial charge in [0.05, 0.1) is 11.7 Å². The van der Waals surface area contributed by atoms with Crippen molar-refractivity contribution >= 4 is 15.9 Å². The van der Waals surface area contributed by atoms with Crippen LogP contribution in [0.1, 0.15) is 29.3 Å². The highest BCUT2D eigenvalue weighted by molar-refractivity contribution is 9.10. The summed E-state index contributed by atoms with van der Waals surface area (Å²) in [5.74, 6) is 0. The number of aryl methyl sites for hydroxylation is 1. The first-order valence-corrected chi connectivity index (χ1v) is 8.67. The van der Waals surface area contributed by atoms with Crippen molar-refractivity contribution < 1.29 is 0 Å². The van der Waals surface area contributed by atoms with Gasteiger partial charge in [0.1, 0.15) is 0 Å². The van der Waals surface area contributed by atoms with Gasteiger partial charge in [-0.1, -0.05) is 40.2 Å². The summed E-state index contributed by atoms with van der Waals surface area (Å²) in [5, 5.41) is 3.49. The standard InChI is InChI=1S/C18H22BrN3/c1-14-6-4-10-21-17(14)18(15-7-2-3-8-16(15)19)22-12-5-9-20-11-13-22/h2-4,6-8,10,18,20H,5,9,11-13H2,1H3. The summed E-state index contributed by atoms with van der Waals surface area (Å²) in [6.07, 6.45) is 3.08. The minimum atomic E-state index is 0.205. The lowest BCUT2D eigenvalue weighted by molar-refractivity contribution is 0.236. The molecule has 1 aromatic heterocycles. The van der Waals surface area contributed by atoms with E-state index in [2.05, 4.69) is 63.4 Å². The number of pyridine rings is 1. The third-order valence-corrected chi connectivity index (χ3v) is 4.97. The predicted molar refractivity (Wildman–Crippen MR) is 94.0 cm³/mol. The molecular formula is C18H22BrN3. The molecule has 2 aromatic rings. The number of halogens is 1. The van der Waals surface area contributed by atoms with Gasteiger partial charge in [0, 0.05) is 30.3 Å². The predicted octanol–water partition coefficient (Wildman–Crippen LogP) is 3.54. The summed E-state index contributed by atoms with van der Waals surface area (Å²) >= 11 is 3.73. The van der Waals surface area contributed by atoms with Gasteiger partial charge < -0.3 is 5.32 Å². The fourth-order valence-electron chi connectivity index (χ4n) is 3.12. The molecule has 1 atom stereocenters. The van der Waals surface area contributed by atoms with E-state index in [1.54, 1.807) is 0 Å². The fourth-order valence-corrected chi connectivity index (χ4v) is 3.62. The minimum absolute atomic E-state index is 0.205. The summed E-state index contributed by atoms with van der Waals surface area (Å²) < 4.78 is 1.15. The third-order valence-electron chi connectivity index (χ3n) is 4.25. The van der Waals surface area contributed by atoms with Crippen LogP contribution < -0.4 is 5.32 Å². The van der Waals surface area contributed by atoms with Crippen LogP contribution in [0.2, 0.25) is 0 Å². The lowest BCUT2D eigenvalue weighted by atomic mass is 9.98. The normalized spacial score (nSPS) is 17.9. The fraction of sp³-hybridized carbons (Fsp3) is 0.389. The van der Waals surface area contributed by atoms with Gasteiger partial charge >= 0.3 is 0 Å². The summed E-state index contributed by atoms with van der Waals surface area (Å²) in [6.45, 7) is 6.42. The maximum absolute atomic E-state index is 4.72. The average Bonchev–Trinajstić information content (AvgIpc) is 2.80. The Morgan fingerprint density at radius 1 is 1.14 bits per heavy atom. The summed E-state index contributed by atoms with van der Waals surface area (Å²) in [6, 6.07) is 12.9. The molecule has 1 fully saturated rings. The second-order valence-corrected chi connectivity index (χ2v) is 6.62. The molecule has 1 aliphatic rings. The molecule has 4 heteroatoms. The van der Waals surface area contributed by atoms with Gasteiger partial charge in [-0.05, 0) is 43.1 Å². The maximum atomic E-state index is 4.72. The Morgan fingerprint density at radius 2 is 2.00 bits per heavy atom. The number of hydrogen-bond donors (Lipinski definition) is 1. The smallest absolute Gasteiger partial charge is 0.0790 e. The Balaban J connectivity index is 2.06. The average molecular weight is 360 g/mol. The van der Waals surface area contributed by atoms with Crippen molar-refractivity contribution in [1.82, 2.24) is 15.2 Å². The van der Waals surface area contributed by atoms with Crippen LogP contribution in [0.5, 0.6) is 0 Å². The van der Waals surface area contributed by atoms with Gasteiger partial charge in [-0.3, -0.25) is 9.88 Å². The molecule has 0 spiro atoms. The minimum Gasteiger partial charge on any atom is -0.315 e. The highest BCUT2D eigenvalue weighted by Crippen LogP contribution is 2.34. The van der Waals surface area contributed by atoms with Gasteiger partial charge in [0.15, 0.2) is 0 Å². The summed E-state index contributed by atoms with van der Waals surface area (Å²) in [4.78, 5) is 7.27. The molecule has 2 heterocycles. The molecule has 0 aliphatic carbocycles. The third kappa shape index (κ3) is 3.40. The van der Waals surface area contributed by atoms with Crippen LogP contribution in [0, 0.1) is 6.92 Å². The Labute approximate surface area is 140 Å². The largest absolute Gasteiger partial charge is 0.315 e. The van der Waals surface area contributed by atoms with Crippen LogP contribution in [0.15, 0.2) is 47.1 Å². The summed E-state index contributed by atoms with van der Waals surface area (Å²) in [7, 11) is 0. The Morgan fingerprint density at radius 3 is 2.82 bits per heavy atom. The Bertz CT molecular complexity index is 576. The topological polar surface area (TPSA) is 28.2 Å². The summed E-state index contributed by atoms with van der Waals surface area (Å²) in [5.41, 5.74) is 3.71. The molecular weight excluding hydrogens is 338 g/mol. The molecule has 0 saturated carbocycles. The van der Waals surface area contributed by atoms with Crippen molar-refractivity contribution in [2.75, 3.05) is 26.2 Å². The molecule has 22 heavy (non-hydrogen) atoms. The molecule has 3 rings (SSSR count). The SMILES string of the molecule is Cc1cccnc1C(c1ccccc1Br)N1CCCNCC1. The highest BCUT2D eigenvalue weighted by atomic mass is 79.9. The molecule has 116 valence electrons. The number of hydrogen-bond acceptors (Lipinski definition) is 3. The van der Waals surface area contributed by atoms with E-state index in [0.717, 1.165) is 36.3 Å². The van der Waals surface area contributed by atoms with E-state index < -0.39 is 0 Å². The highest BCUT2D eigenvalue weighted by Gasteiger charge is 2.26. The molecule has 0 radical (unpaired) electrons. The number of nitrogens with zero attached hydrogens (tertiary/aromatic N) is 2. The van der Waals surface area contributed by atoms with E-state index in [9.17, 15) is 0 Å². The van der Waals surface area contributed by atoms with Gasteiger partial charge in [0.2, 0.25) is 0 Å². The first kappa shape index (κ1) is 15.7. The monoisotopic (exact) mass is 359 g/mol. The molecule has 1 aromatic carbocycles. The Kier molecular flexibility index (Phi) is 5.24. The van der Waals surface area contributed by atoms with Crippen molar-refractivity contribution in [3.05, 3.63) is 63.9 Å². The maximum Gasteiger partial charge on any atom is 0.0790 e. The lowest BCUT2D eigenvalue weighted by Gasteiger charge is -2.32. The van der Waals surface area contributed by atoms with Gasteiger partial charge in [-0.2, -0.15) is 0 Å². The van der Waals surface area contributed by atoms with Crippen LogP contribution in [-0.2, 0) is 0 Å². The van der Waals surface area contributed by atoms with Crippen molar-refractivity contribution in [1.29, 1.82) is 0 Å². The van der Waals surface area contributed by atoms with E-state index in [4.69, 9.17) is 4.98 Å². The molecule has 1 aliphatic heterocycles. The first-order chi connectivity index (χ1) is 10.8. The molecule has 1 saturated heterocycles. The quantitative estimate of drug-likeness (QED) is 0.908. The van der Waals surface area contributed by atoms with Crippen LogP contribution >= 0.6 is 15.9 Å². The lowest BCUT2D eigenvalue weighted by Crippen LogP contribution is -2.34. The zero-order valence-corrected chi connectivity index (χ0v) is 14.5. The zero-order chi connectivity index (χ0) is 15.4. The van der Waals surface area contributed by atoms with Gasteiger partial charge in [0.25, 0.3) is 0 Å². The van der Waals surface area contributed by atoms with Crippen LogP contribution in [-0.4, -0.2) is 36.1 Å². The number of nitrogens with one attached hydrogen (secondary N) is 1. The van der Waals surface area contributed by atoms with Crippen molar-refractivity contribution in [3.8, 4) is 0 Å². The second-order valence-electron chi connectivity index (χ2n) is 5.77. The number of benzene rings is 1. The zero-order valence-electron chi connectivity index (χ0n) is 12.9. The molecule has 1 unspecified atom stereocenters. The molecule has 3 nitrogen and oxygen atoms in total. The van der Waals surface area contributed by atoms with Crippen molar-refractivity contribution in [2.24, 2.45) is 0 Å². The molecule has 0 bridgehead atoms. The van der Waals surface area contributed by atoms with Crippen molar-refractivity contribution in [3.63, 3.8) is 0 Å². The van der Waals surface area contributed by atoms with Gasteiger partial charge in [-0.15, -0.1) is 0 Å². The van der Waals surface area contributed by atoms with E-state index in [-0.39, 0.29) is 6.04 Å². The van der Waals surface area contributed by atoms with Gasteiger partial charge in [-0.25, -0.2) is 0 Å².